The van der Waals surface area contributed by atoms with Gasteiger partial charge in [-0.15, -0.1) is 0 Å². The van der Waals surface area contributed by atoms with Crippen molar-refractivity contribution in [3.8, 4) is 0 Å². The molecule has 0 aliphatic rings. The van der Waals surface area contributed by atoms with Crippen LogP contribution in [0.5, 0.6) is 0 Å². The van der Waals surface area contributed by atoms with Crippen LogP contribution in [-0.2, 0) is 20.1 Å². The fraction of sp³-hybridized carbons (Fsp3) is 0. The summed E-state index contributed by atoms with van der Waals surface area (Å²) >= 11 is 0. The molecule has 0 aliphatic carbocycles. The third kappa shape index (κ3) is 13.8. The summed E-state index contributed by atoms with van der Waals surface area (Å²) < 4.78 is 0. The minimum absolute atomic E-state index is 0. The van der Waals surface area contributed by atoms with Crippen molar-refractivity contribution in [1.82, 2.24) is 0 Å². The summed E-state index contributed by atoms with van der Waals surface area (Å²) in [6.07, 6.45) is 0. The summed E-state index contributed by atoms with van der Waals surface area (Å²) in [5, 5.41) is 12.6. The van der Waals surface area contributed by atoms with Gasteiger partial charge in [0.15, 0.2) is 0 Å². The molecular weight excluding hydrogens is 1000 g/mol. The molecule has 0 saturated carbocycles. The van der Waals surface area contributed by atoms with E-state index in [0.29, 0.717) is 0 Å². The van der Waals surface area contributed by atoms with Crippen molar-refractivity contribution in [1.29, 1.82) is 0 Å². The molecule has 0 fully saturated rings. The Morgan fingerprint density at radius 3 is 0.333 bits per heavy atom. The number of benzene rings is 9. The summed E-state index contributed by atoms with van der Waals surface area (Å²) in [7, 11) is -1.34. The fourth-order valence-electron chi connectivity index (χ4n) is 6.54. The largest absolute Gasteiger partial charge is 3.00 e. The molecule has 0 saturated heterocycles. The first-order chi connectivity index (χ1) is 28.3. The maximum atomic E-state index is 2.23. The second-order valence-electron chi connectivity index (χ2n) is 13.0. The van der Waals surface area contributed by atoms with Crippen molar-refractivity contribution in [2.75, 3.05) is 0 Å². The van der Waals surface area contributed by atoms with Gasteiger partial charge in [-0.1, -0.05) is 273 Å². The molecule has 0 heterocycles. The maximum absolute atomic E-state index is 2.23. The summed E-state index contributed by atoms with van der Waals surface area (Å²) in [5.41, 5.74) is 0. The first-order valence-corrected chi connectivity index (χ1v) is 23.2. The standard InChI is InChI=1S/3C18H15P.2ClH.Ir.H/c3*1-4-10-16(11-5-1)19(17-12-6-2-7-13-17)18-14-8-3-9-15-18;;;;/h3*1-15H;2*1H;;/q;;;;;+3;-1/p-2. The van der Waals surface area contributed by atoms with Crippen LogP contribution < -0.4 is 72.6 Å². The van der Waals surface area contributed by atoms with Crippen molar-refractivity contribution >= 4 is 71.5 Å². The average Bonchev–Trinajstić information content (AvgIpc) is 3.30. The zero-order chi connectivity index (χ0) is 38.7. The number of halogens is 2. The van der Waals surface area contributed by atoms with Gasteiger partial charge in [-0.2, -0.15) is 0 Å². The van der Waals surface area contributed by atoms with Crippen LogP contribution >= 0.6 is 23.8 Å². The monoisotopic (exact) mass is 1050 g/mol. The zero-order valence-corrected chi connectivity index (χ0v) is 39.5. The molecular formula is C54H46Cl2IrP3. The molecule has 0 aliphatic heterocycles. The van der Waals surface area contributed by atoms with Gasteiger partial charge in [-0.25, -0.2) is 0 Å². The van der Waals surface area contributed by atoms with Gasteiger partial charge in [0.05, 0.1) is 0 Å². The normalized spacial score (nSPS) is 10.1. The SMILES string of the molecule is [Cl-].[Cl-].[H-].[Ir+3].c1ccc(P(c2ccccc2)c2ccccc2)cc1.c1ccc(P(c2ccccc2)c2ccccc2)cc1.c1ccc(P(c2ccccc2)c2ccccc2)cc1. The Hall–Kier alpha value is -4.50. The molecule has 0 N–H and O–H groups in total. The van der Waals surface area contributed by atoms with Gasteiger partial charge in [0, 0.05) is 0 Å². The quantitative estimate of drug-likeness (QED) is 0.188. The Morgan fingerprint density at radius 1 is 0.167 bits per heavy atom. The molecule has 9 aromatic rings. The number of hydrogen-bond acceptors (Lipinski definition) is 0. The molecule has 0 nitrogen and oxygen atoms in total. The first-order valence-electron chi connectivity index (χ1n) is 19.2. The molecule has 0 radical (unpaired) electrons. The van der Waals surface area contributed by atoms with Gasteiger partial charge >= 0.3 is 20.1 Å². The van der Waals surface area contributed by atoms with Crippen LogP contribution in [0, 0.1) is 0 Å². The van der Waals surface area contributed by atoms with Gasteiger partial charge in [0.25, 0.3) is 0 Å². The van der Waals surface area contributed by atoms with E-state index in [4.69, 9.17) is 0 Å². The van der Waals surface area contributed by atoms with Gasteiger partial charge in [0.2, 0.25) is 0 Å². The fourth-order valence-corrected chi connectivity index (χ4v) is 13.5. The summed E-state index contributed by atoms with van der Waals surface area (Å²) in [4.78, 5) is 0. The number of hydrogen-bond donors (Lipinski definition) is 0. The topological polar surface area (TPSA) is 0 Å². The van der Waals surface area contributed by atoms with Gasteiger partial charge < -0.3 is 26.2 Å². The second-order valence-corrected chi connectivity index (χ2v) is 19.7. The van der Waals surface area contributed by atoms with Crippen LogP contribution in [0.4, 0.5) is 0 Å². The molecule has 60 heavy (non-hydrogen) atoms. The molecule has 0 unspecified atom stereocenters. The molecule has 0 aromatic heterocycles. The summed E-state index contributed by atoms with van der Waals surface area (Å²) in [5.74, 6) is 0. The van der Waals surface area contributed by atoms with E-state index in [9.17, 15) is 0 Å². The maximum Gasteiger partial charge on any atom is 3.00 e. The first kappa shape index (κ1) is 48.2. The van der Waals surface area contributed by atoms with Crippen LogP contribution in [0.1, 0.15) is 1.43 Å². The van der Waals surface area contributed by atoms with Crippen LogP contribution in [-0.4, -0.2) is 0 Å². The smallest absolute Gasteiger partial charge is 1.00 e. The molecule has 9 rings (SSSR count). The van der Waals surface area contributed by atoms with E-state index in [-0.39, 0.29) is 46.3 Å². The van der Waals surface area contributed by atoms with Crippen LogP contribution in [0.3, 0.4) is 0 Å². The third-order valence-electron chi connectivity index (χ3n) is 9.13. The van der Waals surface area contributed by atoms with E-state index in [1.165, 1.54) is 47.7 Å². The van der Waals surface area contributed by atoms with E-state index in [1.54, 1.807) is 0 Å². The van der Waals surface area contributed by atoms with Crippen molar-refractivity contribution in [2.24, 2.45) is 0 Å². The molecule has 6 heteroatoms. The molecule has 0 spiro atoms. The van der Waals surface area contributed by atoms with Crippen molar-refractivity contribution < 1.29 is 46.3 Å². The van der Waals surface area contributed by atoms with Gasteiger partial charge in [-0.3, -0.25) is 0 Å². The zero-order valence-electron chi connectivity index (χ0n) is 33.9. The third-order valence-corrected chi connectivity index (χ3v) is 16.5. The Kier molecular flexibility index (Phi) is 21.4. The van der Waals surface area contributed by atoms with E-state index in [1.807, 2.05) is 0 Å². The second kappa shape index (κ2) is 26.7. The van der Waals surface area contributed by atoms with Gasteiger partial charge in [0.1, 0.15) is 0 Å². The average molecular weight is 1050 g/mol. The minimum atomic E-state index is -0.446. The predicted molar refractivity (Wildman–Crippen MR) is 257 cm³/mol. The van der Waals surface area contributed by atoms with E-state index in [2.05, 4.69) is 273 Å². The molecule has 0 bridgehead atoms. The van der Waals surface area contributed by atoms with E-state index in [0.717, 1.165) is 0 Å². The molecule has 0 atom stereocenters. The van der Waals surface area contributed by atoms with Crippen molar-refractivity contribution in [3.05, 3.63) is 273 Å². The number of rotatable bonds is 9. The molecule has 9 aromatic carbocycles. The minimum Gasteiger partial charge on any atom is -1.00 e. The van der Waals surface area contributed by atoms with E-state index >= 15 is 0 Å². The van der Waals surface area contributed by atoms with Crippen LogP contribution in [0.25, 0.3) is 0 Å². The van der Waals surface area contributed by atoms with E-state index < -0.39 is 23.8 Å². The Labute approximate surface area is 388 Å². The molecule has 300 valence electrons. The van der Waals surface area contributed by atoms with Crippen molar-refractivity contribution in [2.45, 2.75) is 0 Å². The summed E-state index contributed by atoms with van der Waals surface area (Å²) in [6, 6.07) is 97.0. The Bertz CT molecular complexity index is 1880. The predicted octanol–water partition coefficient (Wildman–Crippen LogP) is 4.45. The van der Waals surface area contributed by atoms with Gasteiger partial charge in [-0.05, 0) is 71.5 Å². The Balaban J connectivity index is 0.000000236. The van der Waals surface area contributed by atoms with Crippen LogP contribution in [0.2, 0.25) is 0 Å². The van der Waals surface area contributed by atoms with Crippen molar-refractivity contribution in [3.63, 3.8) is 0 Å². The Morgan fingerprint density at radius 2 is 0.250 bits per heavy atom. The summed E-state index contributed by atoms with van der Waals surface area (Å²) in [6.45, 7) is 0. The molecule has 0 amide bonds. The van der Waals surface area contributed by atoms with Crippen LogP contribution in [0.15, 0.2) is 273 Å².